The molecule has 202 valence electrons. The number of carbonyl (C=O) groups excluding carboxylic acids is 1. The summed E-state index contributed by atoms with van der Waals surface area (Å²) in [7, 11) is 1.45. The average molecular weight is 533 g/mol. The number of hydrogen-bond donors (Lipinski definition) is 2. The van der Waals surface area contributed by atoms with Crippen LogP contribution in [0.3, 0.4) is 0 Å². The lowest BCUT2D eigenvalue weighted by Crippen LogP contribution is -2.25. The summed E-state index contributed by atoms with van der Waals surface area (Å²) in [6, 6.07) is 13.5. The van der Waals surface area contributed by atoms with E-state index in [0.717, 1.165) is 6.07 Å². The quantitative estimate of drug-likeness (QED) is 0.331. The Morgan fingerprint density at radius 1 is 0.921 bits per heavy atom. The summed E-state index contributed by atoms with van der Waals surface area (Å²) >= 11 is 0. The van der Waals surface area contributed by atoms with Gasteiger partial charge in [-0.3, -0.25) is 4.79 Å². The molecule has 0 unspecified atom stereocenters. The van der Waals surface area contributed by atoms with Crippen molar-refractivity contribution in [3.8, 4) is 28.4 Å². The molecule has 0 saturated heterocycles. The van der Waals surface area contributed by atoms with Crippen LogP contribution in [0.25, 0.3) is 11.1 Å². The SMILES string of the molecule is COc1c(CC(=O)O)cccc1-c1ccc(OCc2ccc(C(F)(F)F)c(O)c2C(=O)OC(C)(C)C)cc1. The van der Waals surface area contributed by atoms with E-state index < -0.39 is 40.6 Å². The lowest BCUT2D eigenvalue weighted by molar-refractivity contribution is -0.139. The van der Waals surface area contributed by atoms with E-state index in [-0.39, 0.29) is 18.6 Å². The molecule has 0 heterocycles. The van der Waals surface area contributed by atoms with Gasteiger partial charge in [-0.05, 0) is 44.5 Å². The van der Waals surface area contributed by atoms with Crippen LogP contribution >= 0.6 is 0 Å². The van der Waals surface area contributed by atoms with E-state index in [1.54, 1.807) is 63.2 Å². The maximum Gasteiger partial charge on any atom is 0.419 e. The lowest BCUT2D eigenvalue weighted by Gasteiger charge is -2.22. The Hall–Kier alpha value is -4.21. The molecule has 0 amide bonds. The van der Waals surface area contributed by atoms with Crippen molar-refractivity contribution in [1.82, 2.24) is 0 Å². The van der Waals surface area contributed by atoms with E-state index >= 15 is 0 Å². The second kappa shape index (κ2) is 11.0. The molecule has 0 atom stereocenters. The number of hydrogen-bond acceptors (Lipinski definition) is 6. The van der Waals surface area contributed by atoms with Gasteiger partial charge in [-0.2, -0.15) is 13.2 Å². The molecule has 0 spiro atoms. The fraction of sp³-hybridized carbons (Fsp3) is 0.286. The predicted molar refractivity (Wildman–Crippen MR) is 132 cm³/mol. The van der Waals surface area contributed by atoms with Gasteiger partial charge < -0.3 is 24.4 Å². The number of aliphatic carboxylic acids is 1. The highest BCUT2D eigenvalue weighted by Gasteiger charge is 2.37. The molecule has 10 heteroatoms. The molecule has 3 aromatic carbocycles. The fourth-order valence-corrected chi connectivity index (χ4v) is 3.79. The average Bonchev–Trinajstić information content (AvgIpc) is 2.80. The Bertz CT molecular complexity index is 1320. The van der Waals surface area contributed by atoms with Crippen molar-refractivity contribution in [3.05, 3.63) is 76.9 Å². The van der Waals surface area contributed by atoms with Gasteiger partial charge in [0.1, 0.15) is 35.0 Å². The van der Waals surface area contributed by atoms with Crippen LogP contribution in [0.2, 0.25) is 0 Å². The van der Waals surface area contributed by atoms with Gasteiger partial charge in [0.2, 0.25) is 0 Å². The first kappa shape index (κ1) is 28.4. The third-order valence-electron chi connectivity index (χ3n) is 5.37. The van der Waals surface area contributed by atoms with Crippen LogP contribution in [-0.2, 0) is 28.7 Å². The lowest BCUT2D eigenvalue weighted by atomic mass is 9.99. The van der Waals surface area contributed by atoms with Crippen molar-refractivity contribution in [2.24, 2.45) is 0 Å². The van der Waals surface area contributed by atoms with Gasteiger partial charge in [-0.1, -0.05) is 36.4 Å². The van der Waals surface area contributed by atoms with Gasteiger partial charge in [0.25, 0.3) is 0 Å². The van der Waals surface area contributed by atoms with Crippen LogP contribution in [0.5, 0.6) is 17.2 Å². The van der Waals surface area contributed by atoms with E-state index in [0.29, 0.717) is 34.3 Å². The van der Waals surface area contributed by atoms with Gasteiger partial charge in [0, 0.05) is 16.7 Å². The van der Waals surface area contributed by atoms with Gasteiger partial charge in [-0.15, -0.1) is 0 Å². The van der Waals surface area contributed by atoms with Crippen LogP contribution in [0.1, 0.15) is 47.8 Å². The molecule has 0 aromatic heterocycles. The zero-order valence-corrected chi connectivity index (χ0v) is 21.2. The smallest absolute Gasteiger partial charge is 0.419 e. The molecule has 0 fully saturated rings. The molecular formula is C28H27F3O7. The number of phenols is 1. The van der Waals surface area contributed by atoms with Gasteiger partial charge in [-0.25, -0.2) is 4.79 Å². The van der Waals surface area contributed by atoms with Crippen LogP contribution < -0.4 is 9.47 Å². The number of phenolic OH excluding ortho intramolecular Hbond substituents is 1. The number of carboxylic acid groups (broad SMARTS) is 1. The highest BCUT2D eigenvalue weighted by atomic mass is 19.4. The predicted octanol–water partition coefficient (Wildman–Crippen LogP) is 6.25. The Morgan fingerprint density at radius 3 is 2.13 bits per heavy atom. The zero-order chi connectivity index (χ0) is 28.3. The van der Waals surface area contributed by atoms with Gasteiger partial charge >= 0.3 is 18.1 Å². The maximum absolute atomic E-state index is 13.4. The largest absolute Gasteiger partial charge is 0.506 e. The van der Waals surface area contributed by atoms with E-state index in [1.807, 2.05) is 0 Å². The first-order valence-corrected chi connectivity index (χ1v) is 11.5. The minimum Gasteiger partial charge on any atom is -0.506 e. The van der Waals surface area contributed by atoms with Gasteiger partial charge in [0.05, 0.1) is 19.1 Å². The molecule has 38 heavy (non-hydrogen) atoms. The topological polar surface area (TPSA) is 102 Å². The Morgan fingerprint density at radius 2 is 1.58 bits per heavy atom. The molecule has 3 rings (SSSR count). The number of halogens is 3. The molecule has 0 aliphatic rings. The van der Waals surface area contributed by atoms with Crippen molar-refractivity contribution in [1.29, 1.82) is 0 Å². The number of carbonyl (C=O) groups is 2. The fourth-order valence-electron chi connectivity index (χ4n) is 3.79. The van der Waals surface area contributed by atoms with E-state index in [1.165, 1.54) is 7.11 Å². The molecule has 0 saturated carbocycles. The Balaban J connectivity index is 1.88. The first-order chi connectivity index (χ1) is 17.7. The van der Waals surface area contributed by atoms with E-state index in [2.05, 4.69) is 0 Å². The van der Waals surface area contributed by atoms with Crippen molar-refractivity contribution < 1.29 is 47.2 Å². The van der Waals surface area contributed by atoms with Crippen LogP contribution in [-0.4, -0.2) is 34.9 Å². The summed E-state index contributed by atoms with van der Waals surface area (Å²) < 4.78 is 56.4. The number of ether oxygens (including phenoxy) is 3. The highest BCUT2D eigenvalue weighted by molar-refractivity contribution is 5.95. The monoisotopic (exact) mass is 532 g/mol. The summed E-state index contributed by atoms with van der Waals surface area (Å²) in [5.41, 5.74) is -1.08. The number of alkyl halides is 3. The van der Waals surface area contributed by atoms with Crippen LogP contribution in [0.15, 0.2) is 54.6 Å². The highest BCUT2D eigenvalue weighted by Crippen LogP contribution is 2.40. The number of esters is 1. The number of para-hydroxylation sites is 1. The van der Waals surface area contributed by atoms with Crippen molar-refractivity contribution in [2.75, 3.05) is 7.11 Å². The van der Waals surface area contributed by atoms with Gasteiger partial charge in [0.15, 0.2) is 0 Å². The molecule has 0 aliphatic heterocycles. The first-order valence-electron chi connectivity index (χ1n) is 11.5. The van der Waals surface area contributed by atoms with Crippen molar-refractivity contribution in [2.45, 2.75) is 45.6 Å². The summed E-state index contributed by atoms with van der Waals surface area (Å²) in [5, 5.41) is 19.5. The molecule has 3 aromatic rings. The second-order valence-corrected chi connectivity index (χ2v) is 9.38. The molecular weight excluding hydrogens is 505 g/mol. The second-order valence-electron chi connectivity index (χ2n) is 9.38. The van der Waals surface area contributed by atoms with Crippen LogP contribution in [0.4, 0.5) is 13.2 Å². The summed E-state index contributed by atoms with van der Waals surface area (Å²) in [6.07, 6.45) is -5.09. The summed E-state index contributed by atoms with van der Waals surface area (Å²) in [4.78, 5) is 23.9. The molecule has 2 N–H and O–H groups in total. The van der Waals surface area contributed by atoms with Crippen LogP contribution in [0, 0.1) is 0 Å². The number of carboxylic acids is 1. The Kier molecular flexibility index (Phi) is 8.24. The number of aromatic hydroxyl groups is 1. The molecule has 0 radical (unpaired) electrons. The number of methoxy groups -OCH3 is 1. The van der Waals surface area contributed by atoms with Crippen molar-refractivity contribution in [3.63, 3.8) is 0 Å². The summed E-state index contributed by atoms with van der Waals surface area (Å²) in [5.74, 6) is -2.57. The molecule has 7 nitrogen and oxygen atoms in total. The normalized spacial score (nSPS) is 11.7. The number of rotatable bonds is 8. The molecule has 0 bridgehead atoms. The third kappa shape index (κ3) is 6.76. The zero-order valence-electron chi connectivity index (χ0n) is 21.2. The molecule has 0 aliphatic carbocycles. The third-order valence-corrected chi connectivity index (χ3v) is 5.37. The van der Waals surface area contributed by atoms with Crippen molar-refractivity contribution >= 4 is 11.9 Å². The maximum atomic E-state index is 13.4. The standard InChI is InChI=1S/C28H27F3O7/c1-27(2,3)38-26(35)23-18(10-13-21(24(23)34)28(29,30)31)15-37-19-11-8-16(9-12-19)20-7-5-6-17(14-22(32)33)25(20)36-4/h5-13,34H,14-15H2,1-4H3,(H,32,33). The minimum absolute atomic E-state index is 0.0110. The minimum atomic E-state index is -4.88. The van der Waals surface area contributed by atoms with E-state index in [4.69, 9.17) is 19.3 Å². The summed E-state index contributed by atoms with van der Waals surface area (Å²) in [6.45, 7) is 4.34. The van der Waals surface area contributed by atoms with E-state index in [9.17, 15) is 27.9 Å². The number of benzene rings is 3. The Labute approximate surface area is 217 Å².